The van der Waals surface area contributed by atoms with Crippen LogP contribution in [0.3, 0.4) is 0 Å². The third-order valence-electron chi connectivity index (χ3n) is 2.59. The van der Waals surface area contributed by atoms with Crippen molar-refractivity contribution in [2.24, 2.45) is 0 Å². The van der Waals surface area contributed by atoms with Gasteiger partial charge in [-0.15, -0.1) is 0 Å². The summed E-state index contributed by atoms with van der Waals surface area (Å²) < 4.78 is 76.7. The van der Waals surface area contributed by atoms with Crippen molar-refractivity contribution in [1.29, 1.82) is 0 Å². The molecule has 0 radical (unpaired) electrons. The summed E-state index contributed by atoms with van der Waals surface area (Å²) in [4.78, 5) is 0. The molecule has 0 aliphatic carbocycles. The van der Waals surface area contributed by atoms with E-state index < -0.39 is 34.8 Å². The molecule has 118 valence electrons. The minimum Gasteiger partial charge on any atom is -0.487 e. The molecule has 2 aromatic carbocycles. The smallest absolute Gasteiger partial charge is 0.207 e. The van der Waals surface area contributed by atoms with Crippen LogP contribution in [-0.2, 0) is 0 Å². The van der Waals surface area contributed by atoms with Crippen LogP contribution in [0.2, 0.25) is 0 Å². The maximum Gasteiger partial charge on any atom is 0.207 e. The van der Waals surface area contributed by atoms with Gasteiger partial charge in [-0.1, -0.05) is 12.1 Å². The second kappa shape index (κ2) is 6.21. The second-order valence-electron chi connectivity index (χ2n) is 4.61. The zero-order valence-electron chi connectivity index (χ0n) is 11.6. The van der Waals surface area contributed by atoms with E-state index in [2.05, 4.69) is 0 Å². The molecule has 2 aromatic rings. The van der Waals surface area contributed by atoms with Gasteiger partial charge in [-0.25, -0.2) is 13.2 Å². The highest BCUT2D eigenvalue weighted by Crippen LogP contribution is 2.36. The number of rotatable bonds is 4. The van der Waals surface area contributed by atoms with Gasteiger partial charge in [0.15, 0.2) is 11.5 Å². The molecule has 22 heavy (non-hydrogen) atoms. The molecule has 0 N–H and O–H groups in total. The monoisotopic (exact) mass is 318 g/mol. The molecule has 2 rings (SSSR count). The van der Waals surface area contributed by atoms with Gasteiger partial charge < -0.3 is 9.47 Å². The summed E-state index contributed by atoms with van der Waals surface area (Å²) in [6.07, 6.45) is -0.277. The van der Waals surface area contributed by atoms with Gasteiger partial charge in [-0.2, -0.15) is 8.78 Å². The molecule has 2 nitrogen and oxygen atoms in total. The van der Waals surface area contributed by atoms with E-state index in [1.54, 1.807) is 19.9 Å². The van der Waals surface area contributed by atoms with Crippen molar-refractivity contribution in [1.82, 2.24) is 0 Å². The van der Waals surface area contributed by atoms with Crippen molar-refractivity contribution in [2.75, 3.05) is 0 Å². The van der Waals surface area contributed by atoms with E-state index in [0.717, 1.165) is 0 Å². The Kier molecular flexibility index (Phi) is 4.54. The van der Waals surface area contributed by atoms with E-state index in [-0.39, 0.29) is 17.6 Å². The van der Waals surface area contributed by atoms with E-state index in [4.69, 9.17) is 9.47 Å². The van der Waals surface area contributed by atoms with Crippen LogP contribution in [-0.4, -0.2) is 6.10 Å². The van der Waals surface area contributed by atoms with Crippen molar-refractivity contribution in [3.63, 3.8) is 0 Å². The zero-order valence-corrected chi connectivity index (χ0v) is 11.6. The van der Waals surface area contributed by atoms with Crippen LogP contribution in [0, 0.1) is 29.1 Å². The number of hydrogen-bond acceptors (Lipinski definition) is 2. The number of benzene rings is 2. The Balaban J connectivity index is 2.49. The summed E-state index contributed by atoms with van der Waals surface area (Å²) in [6, 6.07) is 5.77. The average molecular weight is 318 g/mol. The van der Waals surface area contributed by atoms with Crippen molar-refractivity contribution in [3.05, 3.63) is 53.4 Å². The average Bonchev–Trinajstić information content (AvgIpc) is 2.48. The molecular formula is C15H11F5O2. The van der Waals surface area contributed by atoms with Crippen LogP contribution in [0.25, 0.3) is 0 Å². The molecule has 7 heteroatoms. The highest BCUT2D eigenvalue weighted by Gasteiger charge is 2.28. The van der Waals surface area contributed by atoms with Crippen LogP contribution in [0.5, 0.6) is 17.2 Å². The number of ether oxygens (including phenoxy) is 2. The maximum absolute atomic E-state index is 13.6. The summed E-state index contributed by atoms with van der Waals surface area (Å²) >= 11 is 0. The normalized spacial score (nSPS) is 10.9. The van der Waals surface area contributed by atoms with Crippen LogP contribution in [0.4, 0.5) is 22.0 Å². The fraction of sp³-hybridized carbons (Fsp3) is 0.200. The summed E-state index contributed by atoms with van der Waals surface area (Å²) in [6.45, 7) is 3.41. The SMILES string of the molecule is CC(C)Oc1ccccc1Oc1c(F)c(F)c(F)c(F)c1F. The van der Waals surface area contributed by atoms with Gasteiger partial charge in [-0.05, 0) is 26.0 Å². The lowest BCUT2D eigenvalue weighted by Crippen LogP contribution is -2.08. The van der Waals surface area contributed by atoms with Crippen molar-refractivity contribution < 1.29 is 31.4 Å². The highest BCUT2D eigenvalue weighted by molar-refractivity contribution is 5.44. The van der Waals surface area contributed by atoms with Crippen molar-refractivity contribution in [3.8, 4) is 17.2 Å². The fourth-order valence-electron chi connectivity index (χ4n) is 1.67. The topological polar surface area (TPSA) is 18.5 Å². The van der Waals surface area contributed by atoms with Crippen molar-refractivity contribution in [2.45, 2.75) is 20.0 Å². The Labute approximate surface area is 123 Å². The summed E-state index contributed by atoms with van der Waals surface area (Å²) in [5, 5.41) is 0. The van der Waals surface area contributed by atoms with E-state index >= 15 is 0 Å². The van der Waals surface area contributed by atoms with Gasteiger partial charge in [0.1, 0.15) is 0 Å². The molecular weight excluding hydrogens is 307 g/mol. The Morgan fingerprint density at radius 2 is 1.18 bits per heavy atom. The van der Waals surface area contributed by atoms with Gasteiger partial charge >= 0.3 is 0 Å². The van der Waals surface area contributed by atoms with Crippen LogP contribution < -0.4 is 9.47 Å². The lowest BCUT2D eigenvalue weighted by atomic mass is 10.2. The van der Waals surface area contributed by atoms with Gasteiger partial charge in [0.25, 0.3) is 0 Å². The van der Waals surface area contributed by atoms with Crippen LogP contribution in [0.1, 0.15) is 13.8 Å². The predicted molar refractivity (Wildman–Crippen MR) is 68.5 cm³/mol. The molecule has 0 spiro atoms. The molecule has 0 fully saturated rings. The van der Waals surface area contributed by atoms with Gasteiger partial charge in [-0.3, -0.25) is 0 Å². The Morgan fingerprint density at radius 3 is 1.68 bits per heavy atom. The molecule has 0 atom stereocenters. The van der Waals surface area contributed by atoms with Gasteiger partial charge in [0.05, 0.1) is 6.10 Å². The van der Waals surface area contributed by atoms with Gasteiger partial charge in [0, 0.05) is 0 Å². The third-order valence-corrected chi connectivity index (χ3v) is 2.59. The van der Waals surface area contributed by atoms with Gasteiger partial charge in [0.2, 0.25) is 34.8 Å². The summed E-state index contributed by atoms with van der Waals surface area (Å²) in [7, 11) is 0. The predicted octanol–water partition coefficient (Wildman–Crippen LogP) is 4.96. The molecule has 0 heterocycles. The summed E-state index contributed by atoms with van der Waals surface area (Å²) in [5.41, 5.74) is 0. The minimum absolute atomic E-state index is 0.112. The standard InChI is InChI=1S/C15H11F5O2/c1-7(2)21-8-5-3-4-6-9(8)22-15-13(19)11(17)10(16)12(18)14(15)20/h3-7H,1-2H3. The quantitative estimate of drug-likeness (QED) is 0.450. The Hall–Kier alpha value is -2.31. The molecule has 0 bridgehead atoms. The minimum atomic E-state index is -2.24. The first-order valence-electron chi connectivity index (χ1n) is 6.28. The first kappa shape index (κ1) is 16.1. The number of hydrogen-bond donors (Lipinski definition) is 0. The lowest BCUT2D eigenvalue weighted by molar-refractivity contribution is 0.231. The molecule has 0 amide bonds. The zero-order chi connectivity index (χ0) is 16.4. The summed E-state index contributed by atoms with van der Waals surface area (Å²) in [5.74, 6) is -11.9. The highest BCUT2D eigenvalue weighted by atomic mass is 19.2. The molecule has 0 aliphatic rings. The first-order valence-corrected chi connectivity index (χ1v) is 6.28. The van der Waals surface area contributed by atoms with Crippen molar-refractivity contribution >= 4 is 0 Å². The lowest BCUT2D eigenvalue weighted by Gasteiger charge is -2.15. The molecule has 0 unspecified atom stereocenters. The number of para-hydroxylation sites is 2. The molecule has 0 aliphatic heterocycles. The fourth-order valence-corrected chi connectivity index (χ4v) is 1.67. The number of halogens is 5. The van der Waals surface area contributed by atoms with E-state index in [0.29, 0.717) is 0 Å². The van der Waals surface area contributed by atoms with E-state index in [1.165, 1.54) is 18.2 Å². The molecule has 0 saturated carbocycles. The van der Waals surface area contributed by atoms with E-state index in [1.807, 2.05) is 0 Å². The maximum atomic E-state index is 13.6. The third kappa shape index (κ3) is 2.98. The van der Waals surface area contributed by atoms with Crippen LogP contribution >= 0.6 is 0 Å². The van der Waals surface area contributed by atoms with E-state index in [9.17, 15) is 22.0 Å². The Bertz CT molecular complexity index is 672. The first-order chi connectivity index (χ1) is 10.3. The molecule has 0 saturated heterocycles. The largest absolute Gasteiger partial charge is 0.487 e. The van der Waals surface area contributed by atoms with Crippen LogP contribution in [0.15, 0.2) is 24.3 Å². The molecule has 0 aromatic heterocycles. The second-order valence-corrected chi connectivity index (χ2v) is 4.61. The Morgan fingerprint density at radius 1 is 0.727 bits per heavy atom.